The minimum atomic E-state index is -0.452. The largest absolute Gasteiger partial charge is 0.463 e. The zero-order chi connectivity index (χ0) is 21.1. The molecule has 0 saturated carbocycles. The Morgan fingerprint density at radius 3 is 2.97 bits per heavy atom. The van der Waals surface area contributed by atoms with Gasteiger partial charge in [-0.15, -0.1) is 0 Å². The molecule has 0 fully saturated rings. The van der Waals surface area contributed by atoms with Crippen molar-refractivity contribution in [1.82, 2.24) is 15.2 Å². The molecule has 0 bridgehead atoms. The highest BCUT2D eigenvalue weighted by Crippen LogP contribution is 2.17. The topological polar surface area (TPSA) is 89.5 Å². The molecule has 30 heavy (non-hydrogen) atoms. The maximum atomic E-state index is 12.5. The first-order chi connectivity index (χ1) is 14.5. The van der Waals surface area contributed by atoms with Crippen LogP contribution in [0, 0.1) is 0 Å². The SMILES string of the molecule is O=C(N/N=C\c1coc2ccc(Cl)cc2c1=O)c1ccnn1Cc1cccc(Br)c1. The maximum absolute atomic E-state index is 12.5. The van der Waals surface area contributed by atoms with Crippen molar-refractivity contribution in [3.8, 4) is 0 Å². The van der Waals surface area contributed by atoms with E-state index >= 15 is 0 Å². The molecule has 2 aromatic heterocycles. The minimum Gasteiger partial charge on any atom is -0.463 e. The van der Waals surface area contributed by atoms with E-state index in [9.17, 15) is 9.59 Å². The van der Waals surface area contributed by atoms with Crippen LogP contribution in [0.2, 0.25) is 5.02 Å². The first kappa shape index (κ1) is 20.1. The number of carbonyl (C=O) groups is 1. The standard InChI is InChI=1S/C21H14BrClN4O3/c22-15-3-1-2-13(8-15)11-27-18(6-7-25-27)21(29)26-24-10-14-12-30-19-5-4-16(23)9-17(19)20(14)28/h1-10,12H,11H2,(H,26,29)/b24-10-. The Labute approximate surface area is 184 Å². The zero-order valence-corrected chi connectivity index (χ0v) is 17.7. The Bertz CT molecular complexity index is 1330. The molecule has 1 N–H and O–H groups in total. The fourth-order valence-corrected chi connectivity index (χ4v) is 3.50. The fourth-order valence-electron chi connectivity index (χ4n) is 2.88. The first-order valence-corrected chi connectivity index (χ1v) is 9.99. The van der Waals surface area contributed by atoms with E-state index in [1.165, 1.54) is 24.7 Å². The lowest BCUT2D eigenvalue weighted by atomic mass is 10.2. The smallest absolute Gasteiger partial charge is 0.289 e. The predicted molar refractivity (Wildman–Crippen MR) is 118 cm³/mol. The Kier molecular flexibility index (Phi) is 5.78. The number of aromatic nitrogens is 2. The highest BCUT2D eigenvalue weighted by molar-refractivity contribution is 9.10. The van der Waals surface area contributed by atoms with Gasteiger partial charge in [0.15, 0.2) is 0 Å². The van der Waals surface area contributed by atoms with Crippen molar-refractivity contribution >= 4 is 50.6 Å². The Morgan fingerprint density at radius 1 is 1.27 bits per heavy atom. The summed E-state index contributed by atoms with van der Waals surface area (Å²) in [6, 6.07) is 14.1. The summed E-state index contributed by atoms with van der Waals surface area (Å²) in [6.07, 6.45) is 4.06. The van der Waals surface area contributed by atoms with Gasteiger partial charge in [0.2, 0.25) is 5.43 Å². The van der Waals surface area contributed by atoms with Gasteiger partial charge in [0.05, 0.1) is 23.7 Å². The van der Waals surface area contributed by atoms with Crippen LogP contribution < -0.4 is 10.9 Å². The maximum Gasteiger partial charge on any atom is 0.289 e. The highest BCUT2D eigenvalue weighted by Gasteiger charge is 2.12. The molecule has 150 valence electrons. The molecule has 0 unspecified atom stereocenters. The van der Waals surface area contributed by atoms with E-state index in [2.05, 4.69) is 31.6 Å². The summed E-state index contributed by atoms with van der Waals surface area (Å²) < 4.78 is 7.93. The van der Waals surface area contributed by atoms with Gasteiger partial charge in [0.1, 0.15) is 17.5 Å². The van der Waals surface area contributed by atoms with E-state index in [4.69, 9.17) is 16.0 Å². The monoisotopic (exact) mass is 484 g/mol. The van der Waals surface area contributed by atoms with Crippen LogP contribution in [0.1, 0.15) is 21.6 Å². The number of hydrazone groups is 1. The van der Waals surface area contributed by atoms with Crippen LogP contribution in [0.4, 0.5) is 0 Å². The van der Waals surface area contributed by atoms with Crippen LogP contribution in [0.5, 0.6) is 0 Å². The Morgan fingerprint density at radius 2 is 2.13 bits per heavy atom. The van der Waals surface area contributed by atoms with Crippen molar-refractivity contribution in [3.05, 3.63) is 97.5 Å². The highest BCUT2D eigenvalue weighted by atomic mass is 79.9. The molecule has 1 amide bonds. The van der Waals surface area contributed by atoms with E-state index in [1.54, 1.807) is 22.9 Å². The quantitative estimate of drug-likeness (QED) is 0.339. The van der Waals surface area contributed by atoms with Crippen LogP contribution in [0.3, 0.4) is 0 Å². The van der Waals surface area contributed by atoms with Crippen LogP contribution in [-0.2, 0) is 6.54 Å². The number of carbonyl (C=O) groups excluding carboxylic acids is 1. The van der Waals surface area contributed by atoms with E-state index in [0.717, 1.165) is 10.0 Å². The second-order valence-electron chi connectivity index (χ2n) is 6.36. The van der Waals surface area contributed by atoms with Crippen molar-refractivity contribution in [3.63, 3.8) is 0 Å². The number of nitrogens with zero attached hydrogens (tertiary/aromatic N) is 3. The normalized spacial score (nSPS) is 11.3. The number of nitrogens with one attached hydrogen (secondary N) is 1. The third kappa shape index (κ3) is 4.34. The first-order valence-electron chi connectivity index (χ1n) is 8.82. The molecule has 0 saturated heterocycles. The Balaban J connectivity index is 1.50. The molecule has 0 radical (unpaired) electrons. The lowest BCUT2D eigenvalue weighted by Gasteiger charge is -2.07. The summed E-state index contributed by atoms with van der Waals surface area (Å²) in [5.74, 6) is -0.452. The van der Waals surface area contributed by atoms with Gasteiger partial charge in [-0.25, -0.2) is 5.43 Å². The molecule has 0 spiro atoms. The summed E-state index contributed by atoms with van der Waals surface area (Å²) in [6.45, 7) is 0.425. The molecule has 0 aliphatic carbocycles. The molecule has 0 atom stereocenters. The van der Waals surface area contributed by atoms with Gasteiger partial charge in [-0.05, 0) is 42.0 Å². The molecule has 4 rings (SSSR count). The van der Waals surface area contributed by atoms with E-state index in [-0.39, 0.29) is 11.0 Å². The molecule has 0 aliphatic heterocycles. The number of rotatable bonds is 5. The predicted octanol–water partition coefficient (Wildman–Crippen LogP) is 4.22. The van der Waals surface area contributed by atoms with Crippen LogP contribution in [0.25, 0.3) is 11.0 Å². The van der Waals surface area contributed by atoms with Gasteiger partial charge < -0.3 is 4.42 Å². The van der Waals surface area contributed by atoms with Crippen LogP contribution >= 0.6 is 27.5 Å². The van der Waals surface area contributed by atoms with Crippen molar-refractivity contribution in [2.24, 2.45) is 5.10 Å². The van der Waals surface area contributed by atoms with Crippen LogP contribution in [-0.4, -0.2) is 21.9 Å². The minimum absolute atomic E-state index is 0.188. The van der Waals surface area contributed by atoms with Gasteiger partial charge in [-0.3, -0.25) is 14.3 Å². The molecular formula is C21H14BrClN4O3. The second-order valence-corrected chi connectivity index (χ2v) is 7.72. The van der Waals surface area contributed by atoms with Crippen molar-refractivity contribution in [2.75, 3.05) is 0 Å². The second kappa shape index (κ2) is 8.64. The van der Waals surface area contributed by atoms with Gasteiger partial charge >= 0.3 is 0 Å². The molecule has 9 heteroatoms. The average Bonchev–Trinajstić information content (AvgIpc) is 3.18. The summed E-state index contributed by atoms with van der Waals surface area (Å²) in [5, 5.41) is 8.84. The van der Waals surface area contributed by atoms with Gasteiger partial charge in [0, 0.05) is 15.7 Å². The molecule has 2 aromatic carbocycles. The third-order valence-corrected chi connectivity index (χ3v) is 5.03. The van der Waals surface area contributed by atoms with Crippen molar-refractivity contribution in [1.29, 1.82) is 0 Å². The van der Waals surface area contributed by atoms with Gasteiger partial charge in [-0.1, -0.05) is 39.7 Å². The summed E-state index contributed by atoms with van der Waals surface area (Å²) in [7, 11) is 0. The molecular weight excluding hydrogens is 472 g/mol. The van der Waals surface area contributed by atoms with Gasteiger partial charge in [0.25, 0.3) is 5.91 Å². The molecule has 0 aliphatic rings. The van der Waals surface area contributed by atoms with Gasteiger partial charge in [-0.2, -0.15) is 10.2 Å². The lowest BCUT2D eigenvalue weighted by Crippen LogP contribution is -2.22. The van der Waals surface area contributed by atoms with Crippen molar-refractivity contribution in [2.45, 2.75) is 6.54 Å². The number of halogens is 2. The molecule has 7 nitrogen and oxygen atoms in total. The fraction of sp³-hybridized carbons (Fsp3) is 0.0476. The van der Waals surface area contributed by atoms with Crippen LogP contribution in [0.15, 0.2) is 79.8 Å². The number of benzene rings is 2. The molecule has 2 heterocycles. The number of amides is 1. The summed E-state index contributed by atoms with van der Waals surface area (Å²) in [5.41, 5.74) is 4.04. The molecule has 4 aromatic rings. The van der Waals surface area contributed by atoms with E-state index < -0.39 is 5.91 Å². The zero-order valence-electron chi connectivity index (χ0n) is 15.4. The number of hydrogen-bond donors (Lipinski definition) is 1. The summed E-state index contributed by atoms with van der Waals surface area (Å²) in [4.78, 5) is 25.0. The Hall–Kier alpha value is -3.23. The van der Waals surface area contributed by atoms with Crippen molar-refractivity contribution < 1.29 is 9.21 Å². The van der Waals surface area contributed by atoms with E-state index in [0.29, 0.717) is 28.2 Å². The summed E-state index contributed by atoms with van der Waals surface area (Å²) >= 11 is 9.37. The number of hydrogen-bond acceptors (Lipinski definition) is 5. The lowest BCUT2D eigenvalue weighted by molar-refractivity contribution is 0.0945. The average molecular weight is 486 g/mol. The number of fused-ring (bicyclic) bond motifs is 1. The van der Waals surface area contributed by atoms with E-state index in [1.807, 2.05) is 24.3 Å². The third-order valence-electron chi connectivity index (χ3n) is 4.30.